The molecule has 0 saturated heterocycles. The number of aryl methyl sites for hydroxylation is 1. The summed E-state index contributed by atoms with van der Waals surface area (Å²) in [7, 11) is 2.05. The van der Waals surface area contributed by atoms with Crippen LogP contribution in [0.1, 0.15) is 5.69 Å². The van der Waals surface area contributed by atoms with E-state index in [2.05, 4.69) is 63.3 Å². The largest absolute Gasteiger partial charge is 0.379 e. The van der Waals surface area contributed by atoms with Crippen molar-refractivity contribution in [1.29, 1.82) is 0 Å². The van der Waals surface area contributed by atoms with Crippen LogP contribution >= 0.6 is 15.9 Å². The third-order valence-electron chi connectivity index (χ3n) is 2.35. The molecule has 0 fully saturated rings. The third-order valence-corrected chi connectivity index (χ3v) is 2.84. The minimum atomic E-state index is 0.847. The Morgan fingerprint density at radius 2 is 2.13 bits per heavy atom. The summed E-state index contributed by atoms with van der Waals surface area (Å²) in [6, 6.07) is 12.4. The molecule has 0 unspecified atom stereocenters. The normalized spacial score (nSPS) is 10.3. The number of aromatic nitrogens is 1. The fourth-order valence-electron chi connectivity index (χ4n) is 1.47. The predicted molar refractivity (Wildman–Crippen MR) is 66.9 cm³/mol. The van der Waals surface area contributed by atoms with Gasteiger partial charge in [0.05, 0.1) is 6.54 Å². The second kappa shape index (κ2) is 4.53. The molecule has 0 aliphatic rings. The molecule has 0 radical (unpaired) electrons. The molecule has 2 aromatic rings. The van der Waals surface area contributed by atoms with Crippen LogP contribution in [0.4, 0.5) is 5.69 Å². The number of hydrogen-bond donors (Lipinski definition) is 1. The molecule has 0 aliphatic heterocycles. The van der Waals surface area contributed by atoms with Crippen molar-refractivity contribution in [1.82, 2.24) is 4.57 Å². The number of nitrogens with one attached hydrogen (secondary N) is 1. The molecule has 1 aromatic heterocycles. The van der Waals surface area contributed by atoms with Gasteiger partial charge in [0, 0.05) is 29.1 Å². The van der Waals surface area contributed by atoms with Gasteiger partial charge in [-0.15, -0.1) is 0 Å². The molecule has 78 valence electrons. The first kappa shape index (κ1) is 10.3. The molecule has 0 amide bonds. The summed E-state index contributed by atoms with van der Waals surface area (Å²) < 4.78 is 3.21. The van der Waals surface area contributed by atoms with E-state index < -0.39 is 0 Å². The molecule has 1 aromatic carbocycles. The Morgan fingerprint density at radius 1 is 1.27 bits per heavy atom. The summed E-state index contributed by atoms with van der Waals surface area (Å²) in [5, 5.41) is 3.38. The maximum atomic E-state index is 3.45. The summed E-state index contributed by atoms with van der Waals surface area (Å²) in [5.74, 6) is 0. The molecule has 0 bridgehead atoms. The second-order valence-electron chi connectivity index (χ2n) is 3.47. The summed E-state index contributed by atoms with van der Waals surface area (Å²) in [6.45, 7) is 0.847. The molecule has 0 atom stereocenters. The lowest BCUT2D eigenvalue weighted by Gasteiger charge is -2.07. The van der Waals surface area contributed by atoms with Crippen molar-refractivity contribution < 1.29 is 0 Å². The Balaban J connectivity index is 2.02. The summed E-state index contributed by atoms with van der Waals surface area (Å²) in [5.41, 5.74) is 2.40. The maximum Gasteiger partial charge on any atom is 0.0553 e. The zero-order chi connectivity index (χ0) is 10.7. The molecule has 15 heavy (non-hydrogen) atoms. The highest BCUT2D eigenvalue weighted by Crippen LogP contribution is 2.16. The highest BCUT2D eigenvalue weighted by molar-refractivity contribution is 9.10. The van der Waals surface area contributed by atoms with E-state index in [1.807, 2.05) is 12.1 Å². The lowest BCUT2D eigenvalue weighted by molar-refractivity contribution is 0.842. The van der Waals surface area contributed by atoms with Gasteiger partial charge in [0.2, 0.25) is 0 Å². The van der Waals surface area contributed by atoms with Gasteiger partial charge in [-0.25, -0.2) is 0 Å². The fraction of sp³-hybridized carbons (Fsp3) is 0.167. The average Bonchev–Trinajstić information content (AvgIpc) is 2.61. The van der Waals surface area contributed by atoms with Crippen LogP contribution in [-0.4, -0.2) is 4.57 Å². The van der Waals surface area contributed by atoms with Gasteiger partial charge in [-0.05, 0) is 30.3 Å². The molecule has 1 N–H and O–H groups in total. The van der Waals surface area contributed by atoms with Crippen LogP contribution in [0.15, 0.2) is 47.1 Å². The number of halogens is 1. The smallest absolute Gasteiger partial charge is 0.0553 e. The fourth-order valence-corrected chi connectivity index (χ4v) is 1.87. The number of benzene rings is 1. The van der Waals surface area contributed by atoms with Gasteiger partial charge in [0.15, 0.2) is 0 Å². The Hall–Kier alpha value is -1.22. The van der Waals surface area contributed by atoms with Gasteiger partial charge in [-0.2, -0.15) is 0 Å². The third kappa shape index (κ3) is 2.63. The van der Waals surface area contributed by atoms with E-state index in [9.17, 15) is 0 Å². The topological polar surface area (TPSA) is 17.0 Å². The van der Waals surface area contributed by atoms with Crippen molar-refractivity contribution in [3.8, 4) is 0 Å². The van der Waals surface area contributed by atoms with Gasteiger partial charge in [-0.3, -0.25) is 0 Å². The van der Waals surface area contributed by atoms with E-state index >= 15 is 0 Å². The number of anilines is 1. The van der Waals surface area contributed by atoms with Crippen LogP contribution in [0.25, 0.3) is 0 Å². The van der Waals surface area contributed by atoms with Gasteiger partial charge in [0.25, 0.3) is 0 Å². The minimum absolute atomic E-state index is 0.847. The Morgan fingerprint density at radius 3 is 2.80 bits per heavy atom. The van der Waals surface area contributed by atoms with Crippen molar-refractivity contribution in [2.45, 2.75) is 6.54 Å². The standard InChI is InChI=1S/C12H13BrN2/c1-15-7-3-6-12(15)9-14-11-5-2-4-10(13)8-11/h2-8,14H,9H2,1H3. The number of nitrogens with zero attached hydrogens (tertiary/aromatic N) is 1. The van der Waals surface area contributed by atoms with Crippen molar-refractivity contribution in [3.63, 3.8) is 0 Å². The average molecular weight is 265 g/mol. The SMILES string of the molecule is Cn1cccc1CNc1cccc(Br)c1. The summed E-state index contributed by atoms with van der Waals surface area (Å²) in [6.07, 6.45) is 2.05. The molecule has 2 nitrogen and oxygen atoms in total. The number of rotatable bonds is 3. The van der Waals surface area contributed by atoms with E-state index in [4.69, 9.17) is 0 Å². The van der Waals surface area contributed by atoms with Crippen LogP contribution in [-0.2, 0) is 13.6 Å². The monoisotopic (exact) mass is 264 g/mol. The Bertz CT molecular complexity index is 448. The first-order valence-electron chi connectivity index (χ1n) is 4.85. The van der Waals surface area contributed by atoms with Gasteiger partial charge in [0.1, 0.15) is 0 Å². The first-order chi connectivity index (χ1) is 7.25. The van der Waals surface area contributed by atoms with Gasteiger partial charge in [-0.1, -0.05) is 22.0 Å². The summed E-state index contributed by atoms with van der Waals surface area (Å²) >= 11 is 3.45. The van der Waals surface area contributed by atoms with E-state index in [0.29, 0.717) is 0 Å². The summed E-state index contributed by atoms with van der Waals surface area (Å²) in [4.78, 5) is 0. The van der Waals surface area contributed by atoms with Crippen molar-refractivity contribution in [3.05, 3.63) is 52.8 Å². The minimum Gasteiger partial charge on any atom is -0.379 e. The van der Waals surface area contributed by atoms with Crippen molar-refractivity contribution >= 4 is 21.6 Å². The van der Waals surface area contributed by atoms with E-state index in [0.717, 1.165) is 16.7 Å². The molecule has 1 heterocycles. The van der Waals surface area contributed by atoms with Crippen LogP contribution < -0.4 is 5.32 Å². The highest BCUT2D eigenvalue weighted by atomic mass is 79.9. The molecular formula is C12H13BrN2. The van der Waals surface area contributed by atoms with Gasteiger partial charge >= 0.3 is 0 Å². The maximum absolute atomic E-state index is 3.45. The van der Waals surface area contributed by atoms with E-state index in [1.165, 1.54) is 5.69 Å². The molecule has 0 aliphatic carbocycles. The van der Waals surface area contributed by atoms with Crippen molar-refractivity contribution in [2.24, 2.45) is 7.05 Å². The van der Waals surface area contributed by atoms with E-state index in [-0.39, 0.29) is 0 Å². The molecule has 2 rings (SSSR count). The van der Waals surface area contributed by atoms with Gasteiger partial charge < -0.3 is 9.88 Å². The van der Waals surface area contributed by atoms with Crippen LogP contribution in [0, 0.1) is 0 Å². The molecule has 0 spiro atoms. The first-order valence-corrected chi connectivity index (χ1v) is 5.64. The van der Waals surface area contributed by atoms with E-state index in [1.54, 1.807) is 0 Å². The number of hydrogen-bond acceptors (Lipinski definition) is 1. The lowest BCUT2D eigenvalue weighted by Crippen LogP contribution is -2.03. The van der Waals surface area contributed by atoms with Crippen LogP contribution in [0.3, 0.4) is 0 Å². The van der Waals surface area contributed by atoms with Crippen molar-refractivity contribution in [2.75, 3.05) is 5.32 Å². The Labute approximate surface area is 98.1 Å². The predicted octanol–water partition coefficient (Wildman–Crippen LogP) is 3.40. The Kier molecular flexibility index (Phi) is 3.11. The zero-order valence-electron chi connectivity index (χ0n) is 8.57. The quantitative estimate of drug-likeness (QED) is 0.900. The second-order valence-corrected chi connectivity index (χ2v) is 4.39. The highest BCUT2D eigenvalue weighted by Gasteiger charge is 1.97. The molecule has 0 saturated carbocycles. The molecular weight excluding hydrogens is 252 g/mol. The molecule has 3 heteroatoms. The zero-order valence-corrected chi connectivity index (χ0v) is 10.2. The van der Waals surface area contributed by atoms with Crippen LogP contribution in [0.5, 0.6) is 0 Å². The van der Waals surface area contributed by atoms with Crippen LogP contribution in [0.2, 0.25) is 0 Å². The lowest BCUT2D eigenvalue weighted by atomic mass is 10.3.